The van der Waals surface area contributed by atoms with Gasteiger partial charge in [0.25, 0.3) is 0 Å². The Morgan fingerprint density at radius 3 is 2.26 bits per heavy atom. The van der Waals surface area contributed by atoms with Gasteiger partial charge in [0.05, 0.1) is 12.0 Å². The first kappa shape index (κ1) is 26.1. The van der Waals surface area contributed by atoms with Gasteiger partial charge in [-0.3, -0.25) is 4.79 Å². The minimum atomic E-state index is -5.08. The first-order chi connectivity index (χ1) is 15.8. The van der Waals surface area contributed by atoms with Gasteiger partial charge in [-0.05, 0) is 36.6 Å². The Morgan fingerprint density at radius 1 is 1.18 bits per heavy atom. The van der Waals surface area contributed by atoms with E-state index in [4.69, 9.17) is 15.6 Å². The molecule has 1 aromatic carbocycles. The third kappa shape index (κ3) is 6.43. The van der Waals surface area contributed by atoms with Crippen LogP contribution in [0, 0.1) is 5.92 Å². The van der Waals surface area contributed by atoms with Gasteiger partial charge in [-0.25, -0.2) is 24.3 Å². The molecule has 0 saturated carbocycles. The van der Waals surface area contributed by atoms with Crippen molar-refractivity contribution in [3.63, 3.8) is 0 Å². The van der Waals surface area contributed by atoms with E-state index in [0.717, 1.165) is 10.5 Å². The van der Waals surface area contributed by atoms with E-state index in [1.165, 1.54) is 6.20 Å². The van der Waals surface area contributed by atoms with Gasteiger partial charge in [0.2, 0.25) is 5.91 Å². The number of hydrogen-bond acceptors (Lipinski definition) is 6. The molecule has 13 heteroatoms. The van der Waals surface area contributed by atoms with Crippen LogP contribution in [0.2, 0.25) is 0 Å². The zero-order valence-electron chi connectivity index (χ0n) is 17.7. The second-order valence-corrected chi connectivity index (χ2v) is 7.28. The second-order valence-electron chi connectivity index (χ2n) is 7.28. The molecule has 2 heterocycles. The maximum atomic E-state index is 12.5. The number of amides is 3. The number of nitrogens with zero attached hydrogens (tertiary/aromatic N) is 2. The second kappa shape index (κ2) is 10.6. The smallest absolute Gasteiger partial charge is 0.480 e. The summed E-state index contributed by atoms with van der Waals surface area (Å²) < 4.78 is 31.7. The standard InChI is InChI=1S/C19H20N4O4.C2HF3O2/c1-11(13-5-3-2-4-6-13)22-19(27)23-16(18(25)26)14(17(23)24)9-12-7-8-21-15(20)10-12;3-2(4,5)1(6)7/h2-8,10-11,14,16H,9H2,1H3,(H2,20,21)(H,22,27)(H,25,26);(H,6,7)/t11-,14?,16?;/m1./s1. The lowest BCUT2D eigenvalue weighted by atomic mass is 9.82. The number of nitrogen functional groups attached to an aromatic ring is 1. The zero-order valence-corrected chi connectivity index (χ0v) is 17.7. The molecule has 0 spiro atoms. The van der Waals surface area contributed by atoms with Crippen LogP contribution in [0.5, 0.6) is 0 Å². The van der Waals surface area contributed by atoms with Crippen LogP contribution >= 0.6 is 0 Å². The summed E-state index contributed by atoms with van der Waals surface area (Å²) >= 11 is 0. The van der Waals surface area contributed by atoms with Crippen LogP contribution in [0.25, 0.3) is 0 Å². The van der Waals surface area contributed by atoms with E-state index in [2.05, 4.69) is 10.3 Å². The molecule has 2 aromatic rings. The first-order valence-corrected chi connectivity index (χ1v) is 9.74. The average molecular weight is 482 g/mol. The van der Waals surface area contributed by atoms with Crippen LogP contribution in [0.15, 0.2) is 48.7 Å². The number of halogens is 3. The molecule has 3 atom stereocenters. The highest BCUT2D eigenvalue weighted by Gasteiger charge is 2.54. The van der Waals surface area contributed by atoms with Crippen LogP contribution in [0.4, 0.5) is 23.8 Å². The number of benzene rings is 1. The van der Waals surface area contributed by atoms with E-state index in [1.807, 2.05) is 30.3 Å². The van der Waals surface area contributed by atoms with E-state index >= 15 is 0 Å². The van der Waals surface area contributed by atoms with Gasteiger partial charge in [0.1, 0.15) is 5.82 Å². The summed E-state index contributed by atoms with van der Waals surface area (Å²) in [4.78, 5) is 50.2. The lowest BCUT2D eigenvalue weighted by Crippen LogP contribution is -2.68. The van der Waals surface area contributed by atoms with Gasteiger partial charge in [-0.1, -0.05) is 30.3 Å². The number of nitrogens with one attached hydrogen (secondary N) is 1. The SMILES string of the molecule is C[C@@H](NC(=O)N1C(=O)C(Cc2ccnc(N)c2)C1C(=O)O)c1ccccc1.O=C(O)C(F)(F)F. The molecular weight excluding hydrogens is 461 g/mol. The Labute approximate surface area is 191 Å². The normalized spacial score (nSPS) is 18.1. The van der Waals surface area contributed by atoms with Crippen LogP contribution in [0.3, 0.4) is 0 Å². The first-order valence-electron chi connectivity index (χ1n) is 9.74. The highest BCUT2D eigenvalue weighted by Crippen LogP contribution is 2.31. The van der Waals surface area contributed by atoms with Crippen LogP contribution in [-0.2, 0) is 20.8 Å². The third-order valence-electron chi connectivity index (χ3n) is 4.87. The molecule has 3 amide bonds. The van der Waals surface area contributed by atoms with Crippen LogP contribution < -0.4 is 11.1 Å². The molecule has 34 heavy (non-hydrogen) atoms. The van der Waals surface area contributed by atoms with Crippen molar-refractivity contribution in [3.8, 4) is 0 Å². The molecule has 1 fully saturated rings. The molecule has 10 nitrogen and oxygen atoms in total. The zero-order chi connectivity index (χ0) is 25.6. The average Bonchev–Trinajstić information content (AvgIpc) is 2.75. The maximum absolute atomic E-state index is 12.5. The monoisotopic (exact) mass is 482 g/mol. The molecule has 0 bridgehead atoms. The van der Waals surface area contributed by atoms with E-state index < -0.39 is 42.0 Å². The summed E-state index contributed by atoms with van der Waals surface area (Å²) in [7, 11) is 0. The maximum Gasteiger partial charge on any atom is 0.490 e. The van der Waals surface area contributed by atoms with Crippen molar-refractivity contribution in [2.75, 3.05) is 5.73 Å². The number of imide groups is 1. The number of carboxylic acid groups (broad SMARTS) is 2. The summed E-state index contributed by atoms with van der Waals surface area (Å²) in [5.74, 6) is -5.02. The Hall–Kier alpha value is -4.16. The Bertz CT molecular complexity index is 1060. The van der Waals surface area contributed by atoms with Crippen molar-refractivity contribution in [1.82, 2.24) is 15.2 Å². The van der Waals surface area contributed by atoms with Crippen molar-refractivity contribution in [2.45, 2.75) is 31.6 Å². The topological polar surface area (TPSA) is 163 Å². The minimum absolute atomic E-state index is 0.181. The van der Waals surface area contributed by atoms with Gasteiger partial charge in [0, 0.05) is 6.20 Å². The number of hydrogen-bond donors (Lipinski definition) is 4. The Morgan fingerprint density at radius 2 is 1.76 bits per heavy atom. The van der Waals surface area contributed by atoms with Crippen molar-refractivity contribution >= 4 is 29.7 Å². The van der Waals surface area contributed by atoms with Crippen molar-refractivity contribution < 1.29 is 42.6 Å². The number of aromatic nitrogens is 1. The highest BCUT2D eigenvalue weighted by molar-refractivity contribution is 6.07. The summed E-state index contributed by atoms with van der Waals surface area (Å²) in [6.07, 6.45) is -3.41. The minimum Gasteiger partial charge on any atom is -0.480 e. The number of carbonyl (C=O) groups is 4. The number of nitrogens with two attached hydrogens (primary N) is 1. The summed E-state index contributed by atoms with van der Waals surface area (Å²) in [6.45, 7) is 1.77. The molecule has 1 saturated heterocycles. The predicted molar refractivity (Wildman–Crippen MR) is 111 cm³/mol. The number of anilines is 1. The van der Waals surface area contributed by atoms with Crippen molar-refractivity contribution in [2.24, 2.45) is 5.92 Å². The Kier molecular flexibility index (Phi) is 8.16. The van der Waals surface area contributed by atoms with Gasteiger partial charge in [-0.15, -0.1) is 0 Å². The van der Waals surface area contributed by atoms with E-state index in [1.54, 1.807) is 19.1 Å². The molecular formula is C21H21F3N4O6. The predicted octanol–water partition coefficient (Wildman–Crippen LogP) is 2.22. The lowest BCUT2D eigenvalue weighted by molar-refractivity contribution is -0.192. The Balaban J connectivity index is 0.000000509. The summed E-state index contributed by atoms with van der Waals surface area (Å²) in [5.41, 5.74) is 7.18. The van der Waals surface area contributed by atoms with Gasteiger partial charge in [-0.2, -0.15) is 13.2 Å². The fourth-order valence-corrected chi connectivity index (χ4v) is 3.21. The fraction of sp³-hybridized carbons (Fsp3) is 0.286. The molecule has 5 N–H and O–H groups in total. The molecule has 1 aliphatic rings. The molecule has 2 unspecified atom stereocenters. The number of urea groups is 1. The lowest BCUT2D eigenvalue weighted by Gasteiger charge is -2.43. The molecule has 182 valence electrons. The van der Waals surface area contributed by atoms with E-state index in [-0.39, 0.29) is 18.3 Å². The van der Waals surface area contributed by atoms with Crippen LogP contribution in [0.1, 0.15) is 24.1 Å². The van der Waals surface area contributed by atoms with Crippen molar-refractivity contribution in [1.29, 1.82) is 0 Å². The number of rotatable bonds is 5. The van der Waals surface area contributed by atoms with E-state index in [9.17, 15) is 32.7 Å². The molecule has 0 aliphatic carbocycles. The number of carbonyl (C=O) groups excluding carboxylic acids is 2. The number of likely N-dealkylation sites (tertiary alicyclic amines) is 1. The van der Waals surface area contributed by atoms with Gasteiger partial charge < -0.3 is 21.3 Å². The summed E-state index contributed by atoms with van der Waals surface area (Å²) in [5, 5.41) is 19.3. The fourth-order valence-electron chi connectivity index (χ4n) is 3.21. The summed E-state index contributed by atoms with van der Waals surface area (Å²) in [6, 6.07) is 10.2. The number of pyridine rings is 1. The van der Waals surface area contributed by atoms with Gasteiger partial charge >= 0.3 is 24.1 Å². The van der Waals surface area contributed by atoms with E-state index in [0.29, 0.717) is 5.56 Å². The number of alkyl halides is 3. The third-order valence-corrected chi connectivity index (χ3v) is 4.87. The molecule has 0 radical (unpaired) electrons. The number of β-lactam (4-membered cyclic amide) rings is 1. The quantitative estimate of drug-likeness (QED) is 0.472. The number of carboxylic acids is 2. The molecule has 3 rings (SSSR count). The van der Waals surface area contributed by atoms with Gasteiger partial charge in [0.15, 0.2) is 6.04 Å². The highest BCUT2D eigenvalue weighted by atomic mass is 19.4. The molecule has 1 aromatic heterocycles. The number of aliphatic carboxylic acids is 2. The molecule has 1 aliphatic heterocycles. The van der Waals surface area contributed by atoms with Crippen LogP contribution in [-0.4, -0.2) is 56.2 Å². The van der Waals surface area contributed by atoms with Crippen molar-refractivity contribution in [3.05, 3.63) is 59.8 Å². The largest absolute Gasteiger partial charge is 0.490 e.